The molecule has 0 aliphatic carbocycles. The molecule has 0 radical (unpaired) electrons. The van der Waals surface area contributed by atoms with E-state index in [0.717, 1.165) is 0 Å². The summed E-state index contributed by atoms with van der Waals surface area (Å²) < 4.78 is 10.6. The van der Waals surface area contributed by atoms with Gasteiger partial charge < -0.3 is 55.6 Å². The van der Waals surface area contributed by atoms with E-state index in [0.29, 0.717) is 26.2 Å². The normalized spacial score (nSPS) is 43.4. The van der Waals surface area contributed by atoms with E-state index in [1.807, 2.05) is 0 Å². The van der Waals surface area contributed by atoms with Gasteiger partial charge in [-0.05, 0) is 0 Å². The van der Waals surface area contributed by atoms with Gasteiger partial charge in [-0.15, -0.1) is 0 Å². The lowest BCUT2D eigenvalue weighted by atomic mass is 9.98. The molecule has 2 aliphatic rings. The predicted octanol–water partition coefficient (Wildman–Crippen LogP) is -6.64. The van der Waals surface area contributed by atoms with Crippen molar-refractivity contribution in [1.29, 1.82) is 0 Å². The molecule has 10 atom stereocenters. The van der Waals surface area contributed by atoms with Gasteiger partial charge in [-0.3, -0.25) is 10.6 Å². The number of aliphatic hydroxyl groups is 8. The van der Waals surface area contributed by atoms with Gasteiger partial charge in [-0.25, -0.2) is 0 Å². The number of nitrogens with one attached hydrogen (secondary N) is 3. The van der Waals surface area contributed by atoms with Crippen molar-refractivity contribution in [3.63, 3.8) is 0 Å². The summed E-state index contributed by atoms with van der Waals surface area (Å²) in [5.74, 6) is 0. The smallest absolute Gasteiger partial charge is 0.137 e. The van der Waals surface area contributed by atoms with E-state index < -0.39 is 74.5 Å². The lowest BCUT2D eigenvalue weighted by Crippen LogP contribution is -2.63. The standard InChI is InChI=1S/C16H33N3O10/c20-5-7-9(22)11(24)13(26)15(28-7)18-3-1-17-2-4-19-16-14(27)12(25)10(23)8(6-21)29-16/h7-27H,1-6H2/t7-,8-,9-,10-,11-,12-,13-,14-,15?,16?/m1/s1. The fraction of sp³-hybridized carbons (Fsp3) is 1.00. The van der Waals surface area contributed by atoms with Crippen molar-refractivity contribution in [3.8, 4) is 0 Å². The van der Waals surface area contributed by atoms with Crippen LogP contribution in [0.2, 0.25) is 0 Å². The van der Waals surface area contributed by atoms with Crippen LogP contribution < -0.4 is 16.0 Å². The minimum atomic E-state index is -1.44. The molecule has 11 N–H and O–H groups in total. The molecular weight excluding hydrogens is 394 g/mol. The summed E-state index contributed by atoms with van der Waals surface area (Å²) in [4.78, 5) is 0. The number of aliphatic hydroxyl groups excluding tert-OH is 8. The molecule has 0 bridgehead atoms. The Balaban J connectivity index is 1.61. The molecule has 172 valence electrons. The summed E-state index contributed by atoms with van der Waals surface area (Å²) in [6.45, 7) is 0.609. The van der Waals surface area contributed by atoms with Crippen LogP contribution in [-0.2, 0) is 9.47 Å². The Bertz CT molecular complexity index is 434. The van der Waals surface area contributed by atoms with Crippen LogP contribution in [0.3, 0.4) is 0 Å². The van der Waals surface area contributed by atoms with Crippen molar-refractivity contribution in [2.45, 2.75) is 61.3 Å². The van der Waals surface area contributed by atoms with Gasteiger partial charge >= 0.3 is 0 Å². The molecule has 0 aromatic carbocycles. The molecule has 13 nitrogen and oxygen atoms in total. The fourth-order valence-corrected chi connectivity index (χ4v) is 3.27. The Morgan fingerprint density at radius 2 is 0.897 bits per heavy atom. The maximum absolute atomic E-state index is 9.91. The Labute approximate surface area is 167 Å². The quantitative estimate of drug-likeness (QED) is 0.146. The minimum absolute atomic E-state index is 0.350. The maximum Gasteiger partial charge on any atom is 0.137 e. The zero-order chi connectivity index (χ0) is 21.6. The molecule has 0 amide bonds. The zero-order valence-corrected chi connectivity index (χ0v) is 15.9. The molecule has 2 aliphatic heterocycles. The average Bonchev–Trinajstić information content (AvgIpc) is 2.72. The third-order valence-corrected chi connectivity index (χ3v) is 5.08. The van der Waals surface area contributed by atoms with Crippen molar-refractivity contribution in [2.75, 3.05) is 39.4 Å². The van der Waals surface area contributed by atoms with Crippen molar-refractivity contribution in [1.82, 2.24) is 16.0 Å². The predicted molar refractivity (Wildman–Crippen MR) is 96.4 cm³/mol. The summed E-state index contributed by atoms with van der Waals surface area (Å²) in [6, 6.07) is 0. The van der Waals surface area contributed by atoms with E-state index >= 15 is 0 Å². The maximum atomic E-state index is 9.91. The highest BCUT2D eigenvalue weighted by Gasteiger charge is 2.44. The van der Waals surface area contributed by atoms with Crippen molar-refractivity contribution in [3.05, 3.63) is 0 Å². The van der Waals surface area contributed by atoms with Gasteiger partial charge in [0.25, 0.3) is 0 Å². The number of hydrogen-bond donors (Lipinski definition) is 11. The highest BCUT2D eigenvalue weighted by Crippen LogP contribution is 2.20. The molecule has 2 rings (SSSR count). The van der Waals surface area contributed by atoms with Gasteiger partial charge in [0.05, 0.1) is 13.2 Å². The molecule has 0 aromatic heterocycles. The first-order valence-electron chi connectivity index (χ1n) is 9.60. The largest absolute Gasteiger partial charge is 0.394 e. The van der Waals surface area contributed by atoms with Crippen LogP contribution in [0, 0.1) is 0 Å². The van der Waals surface area contributed by atoms with Crippen molar-refractivity contribution >= 4 is 0 Å². The molecule has 29 heavy (non-hydrogen) atoms. The molecular formula is C16H33N3O10. The number of rotatable bonds is 10. The van der Waals surface area contributed by atoms with Gasteiger partial charge in [-0.2, -0.15) is 0 Å². The lowest BCUT2D eigenvalue weighted by Gasteiger charge is -2.40. The molecule has 2 fully saturated rings. The monoisotopic (exact) mass is 427 g/mol. The van der Waals surface area contributed by atoms with Crippen LogP contribution in [0.15, 0.2) is 0 Å². The molecule has 13 heteroatoms. The van der Waals surface area contributed by atoms with Crippen LogP contribution in [0.25, 0.3) is 0 Å². The topological polar surface area (TPSA) is 216 Å². The van der Waals surface area contributed by atoms with E-state index in [2.05, 4.69) is 16.0 Å². The highest BCUT2D eigenvalue weighted by atomic mass is 16.6. The summed E-state index contributed by atoms with van der Waals surface area (Å²) in [5.41, 5.74) is 0. The molecule has 0 aromatic rings. The second-order valence-corrected chi connectivity index (χ2v) is 7.16. The second-order valence-electron chi connectivity index (χ2n) is 7.16. The first-order chi connectivity index (χ1) is 13.8. The Hall–Kier alpha value is -0.520. The van der Waals surface area contributed by atoms with Crippen molar-refractivity contribution in [2.24, 2.45) is 0 Å². The average molecular weight is 427 g/mol. The lowest BCUT2D eigenvalue weighted by molar-refractivity contribution is -0.236. The van der Waals surface area contributed by atoms with E-state index in [4.69, 9.17) is 19.7 Å². The number of ether oxygens (including phenoxy) is 2. The van der Waals surface area contributed by atoms with E-state index in [1.54, 1.807) is 0 Å². The van der Waals surface area contributed by atoms with E-state index in [9.17, 15) is 30.6 Å². The van der Waals surface area contributed by atoms with Gasteiger partial charge in [0, 0.05) is 26.2 Å². The molecule has 0 saturated carbocycles. The van der Waals surface area contributed by atoms with Gasteiger partial charge in [0.15, 0.2) is 0 Å². The van der Waals surface area contributed by atoms with Crippen LogP contribution in [0.1, 0.15) is 0 Å². The third kappa shape index (κ3) is 6.24. The summed E-state index contributed by atoms with van der Waals surface area (Å²) >= 11 is 0. The Morgan fingerprint density at radius 3 is 1.24 bits per heavy atom. The molecule has 2 unspecified atom stereocenters. The first kappa shape index (κ1) is 24.7. The first-order valence-corrected chi connectivity index (χ1v) is 9.60. The van der Waals surface area contributed by atoms with E-state index in [-0.39, 0.29) is 0 Å². The molecule has 2 heterocycles. The Morgan fingerprint density at radius 1 is 0.517 bits per heavy atom. The van der Waals surface area contributed by atoms with Gasteiger partial charge in [-0.1, -0.05) is 0 Å². The second kappa shape index (κ2) is 11.8. The van der Waals surface area contributed by atoms with Crippen molar-refractivity contribution < 1.29 is 50.3 Å². The van der Waals surface area contributed by atoms with E-state index in [1.165, 1.54) is 0 Å². The molecule has 0 spiro atoms. The molecule has 2 saturated heterocycles. The SMILES string of the molecule is OC[C@H]1OC(NCCNCCNC2O[C@H](CO)[C@@H](O)[C@@H](O)[C@H]2O)[C@H](O)[C@H](O)[C@@H]1O. The van der Waals surface area contributed by atoms with Crippen LogP contribution >= 0.6 is 0 Å². The summed E-state index contributed by atoms with van der Waals surface area (Å²) in [5, 5.41) is 85.8. The van der Waals surface area contributed by atoms with Gasteiger partial charge in [0.2, 0.25) is 0 Å². The fourth-order valence-electron chi connectivity index (χ4n) is 3.27. The minimum Gasteiger partial charge on any atom is -0.394 e. The Kier molecular flexibility index (Phi) is 10.0. The third-order valence-electron chi connectivity index (χ3n) is 5.08. The van der Waals surface area contributed by atoms with Crippen LogP contribution in [-0.4, -0.2) is 142 Å². The zero-order valence-electron chi connectivity index (χ0n) is 15.9. The van der Waals surface area contributed by atoms with Crippen LogP contribution in [0.5, 0.6) is 0 Å². The number of hydrogen-bond acceptors (Lipinski definition) is 13. The summed E-state index contributed by atoms with van der Waals surface area (Å²) in [6.07, 6.45) is -12.2. The van der Waals surface area contributed by atoms with Gasteiger partial charge in [0.1, 0.15) is 61.3 Å². The summed E-state index contributed by atoms with van der Waals surface area (Å²) in [7, 11) is 0. The highest BCUT2D eigenvalue weighted by molar-refractivity contribution is 4.92. The van der Waals surface area contributed by atoms with Crippen LogP contribution in [0.4, 0.5) is 0 Å².